The first-order valence-electron chi connectivity index (χ1n) is 16.0. The van der Waals surface area contributed by atoms with Crippen molar-refractivity contribution in [2.45, 2.75) is 89.5 Å². The summed E-state index contributed by atoms with van der Waals surface area (Å²) >= 11 is 1.49. The van der Waals surface area contributed by atoms with Crippen molar-refractivity contribution in [3.05, 3.63) is 53.3 Å². The number of nitrogens with zero attached hydrogens (tertiary/aromatic N) is 2. The fraction of sp³-hybridized carbons (Fsp3) is 0.500. The van der Waals surface area contributed by atoms with Crippen LogP contribution in [0.5, 0.6) is 11.5 Å². The molecular formula is C34H36F3N3O6S. The SMILES string of the molecule is COC(=O)c1cc(OC(C)C)c2nc(NC3C4CCC3CC(OCc3c(-c5ccccc5OC(F)(F)F)noc3C3CC3)C4)sc2c1. The number of nitrogens with one attached hydrogen (secondary N) is 1. The highest BCUT2D eigenvalue weighted by Gasteiger charge is 2.44. The van der Waals surface area contributed by atoms with Gasteiger partial charge in [0.15, 0.2) is 5.13 Å². The van der Waals surface area contributed by atoms with Crippen molar-refractivity contribution in [3.8, 4) is 22.8 Å². The van der Waals surface area contributed by atoms with Crippen LogP contribution in [0.4, 0.5) is 18.3 Å². The minimum Gasteiger partial charge on any atom is -0.489 e. The van der Waals surface area contributed by atoms with E-state index in [2.05, 4.69) is 15.2 Å². The zero-order valence-electron chi connectivity index (χ0n) is 26.3. The van der Waals surface area contributed by atoms with Crippen LogP contribution in [0.25, 0.3) is 21.5 Å². The van der Waals surface area contributed by atoms with Crippen molar-refractivity contribution < 1.29 is 41.4 Å². The molecule has 1 N–H and O–H groups in total. The number of rotatable bonds is 11. The van der Waals surface area contributed by atoms with E-state index in [1.807, 2.05) is 13.8 Å². The molecule has 3 fully saturated rings. The molecule has 2 aromatic heterocycles. The van der Waals surface area contributed by atoms with Gasteiger partial charge in [0.2, 0.25) is 0 Å². The Hall–Kier alpha value is -3.84. The molecule has 9 nitrogen and oxygen atoms in total. The minimum absolute atomic E-state index is 0.00829. The number of esters is 1. The quantitative estimate of drug-likeness (QED) is 0.157. The van der Waals surface area contributed by atoms with Crippen molar-refractivity contribution in [1.29, 1.82) is 0 Å². The van der Waals surface area contributed by atoms with E-state index in [1.165, 1.54) is 30.6 Å². The van der Waals surface area contributed by atoms with E-state index in [9.17, 15) is 18.0 Å². The van der Waals surface area contributed by atoms with Crippen LogP contribution in [0.15, 0.2) is 40.9 Å². The van der Waals surface area contributed by atoms with Crippen molar-refractivity contribution in [1.82, 2.24) is 10.1 Å². The van der Waals surface area contributed by atoms with Crippen molar-refractivity contribution >= 4 is 32.7 Å². The molecule has 2 heterocycles. The molecule has 7 rings (SSSR count). The highest BCUT2D eigenvalue weighted by atomic mass is 32.1. The van der Waals surface area contributed by atoms with Gasteiger partial charge in [-0.3, -0.25) is 0 Å². The average molecular weight is 672 g/mol. The van der Waals surface area contributed by atoms with Crippen LogP contribution < -0.4 is 14.8 Å². The number of hydrogen-bond acceptors (Lipinski definition) is 10. The molecule has 0 saturated heterocycles. The van der Waals surface area contributed by atoms with Crippen LogP contribution in [-0.4, -0.2) is 47.8 Å². The summed E-state index contributed by atoms with van der Waals surface area (Å²) in [6, 6.07) is 9.70. The smallest absolute Gasteiger partial charge is 0.489 e. The zero-order chi connectivity index (χ0) is 32.9. The number of aromatic nitrogens is 2. The van der Waals surface area contributed by atoms with E-state index < -0.39 is 12.3 Å². The first-order chi connectivity index (χ1) is 22.6. The second kappa shape index (κ2) is 12.6. The van der Waals surface area contributed by atoms with Gasteiger partial charge in [0.25, 0.3) is 0 Å². The number of fused-ring (bicyclic) bond motifs is 3. The fourth-order valence-electron chi connectivity index (χ4n) is 7.04. The van der Waals surface area contributed by atoms with Crippen molar-refractivity contribution in [2.75, 3.05) is 12.4 Å². The lowest BCUT2D eigenvalue weighted by atomic mass is 9.82. The Morgan fingerprint density at radius 3 is 2.51 bits per heavy atom. The Bertz CT molecular complexity index is 1750. The zero-order valence-corrected chi connectivity index (χ0v) is 27.1. The largest absolute Gasteiger partial charge is 0.573 e. The maximum Gasteiger partial charge on any atom is 0.573 e. The molecule has 2 bridgehead atoms. The van der Waals surface area contributed by atoms with Crippen LogP contribution in [0.3, 0.4) is 0 Å². The van der Waals surface area contributed by atoms with E-state index in [1.54, 1.807) is 24.3 Å². The third-order valence-corrected chi connectivity index (χ3v) is 10.1. The number of para-hydroxylation sites is 1. The topological polar surface area (TPSA) is 105 Å². The molecule has 47 heavy (non-hydrogen) atoms. The Kier molecular flexibility index (Phi) is 8.54. The minimum atomic E-state index is -4.83. The molecule has 2 atom stereocenters. The number of carbonyl (C=O) groups excluding carboxylic acids is 1. The number of ether oxygens (including phenoxy) is 4. The van der Waals surface area contributed by atoms with E-state index in [4.69, 9.17) is 23.7 Å². The van der Waals surface area contributed by atoms with Crippen molar-refractivity contribution in [2.24, 2.45) is 11.8 Å². The summed E-state index contributed by atoms with van der Waals surface area (Å²) in [5.41, 5.74) is 2.38. The predicted molar refractivity (Wildman–Crippen MR) is 169 cm³/mol. The van der Waals surface area contributed by atoms with Crippen LogP contribution in [0.2, 0.25) is 0 Å². The number of carbonyl (C=O) groups is 1. The number of methoxy groups -OCH3 is 1. The predicted octanol–water partition coefficient (Wildman–Crippen LogP) is 8.49. The first-order valence-corrected chi connectivity index (χ1v) is 16.8. The molecule has 3 saturated carbocycles. The van der Waals surface area contributed by atoms with Gasteiger partial charge in [-0.1, -0.05) is 28.6 Å². The van der Waals surface area contributed by atoms with Gasteiger partial charge >= 0.3 is 12.3 Å². The molecule has 0 amide bonds. The maximum atomic E-state index is 13.2. The third-order valence-electron chi connectivity index (χ3n) is 9.19. The molecule has 3 aliphatic rings. The standard InChI is InChI=1S/C34H36F3N3O6S/c1-17(2)44-26-14-21(32(41)42-3)15-27-30(26)39-33(47-27)38-28-19-10-11-20(28)13-22(12-19)43-16-24-29(40-46-31(24)18-8-9-18)23-6-4-5-7-25(23)45-34(35,36)37/h4-7,14-15,17-20,22,28H,8-13,16H2,1-3H3,(H,38,39). The highest BCUT2D eigenvalue weighted by molar-refractivity contribution is 7.22. The lowest BCUT2D eigenvalue weighted by molar-refractivity contribution is -0.274. The number of thiazole rings is 1. The maximum absolute atomic E-state index is 13.2. The van der Waals surface area contributed by atoms with E-state index in [-0.39, 0.29) is 42.1 Å². The van der Waals surface area contributed by atoms with Crippen LogP contribution in [-0.2, 0) is 16.1 Å². The summed E-state index contributed by atoms with van der Waals surface area (Å²) in [7, 11) is 1.36. The lowest BCUT2D eigenvalue weighted by Crippen LogP contribution is -2.39. The third kappa shape index (κ3) is 6.78. The molecule has 0 radical (unpaired) electrons. The molecule has 250 valence electrons. The molecule has 0 aliphatic heterocycles. The van der Waals surface area contributed by atoms with Gasteiger partial charge in [-0.15, -0.1) is 13.2 Å². The molecule has 0 spiro atoms. The highest BCUT2D eigenvalue weighted by Crippen LogP contribution is 2.48. The molecule has 4 aromatic rings. The average Bonchev–Trinajstić information content (AvgIpc) is 3.58. The van der Waals surface area contributed by atoms with E-state index in [0.29, 0.717) is 45.7 Å². The second-order valence-electron chi connectivity index (χ2n) is 12.9. The summed E-state index contributed by atoms with van der Waals surface area (Å²) in [6.07, 6.45) is 0.793. The summed E-state index contributed by atoms with van der Waals surface area (Å²) in [4.78, 5) is 17.2. The summed E-state index contributed by atoms with van der Waals surface area (Å²) in [6.45, 7) is 4.06. The van der Waals surface area contributed by atoms with Crippen molar-refractivity contribution in [3.63, 3.8) is 0 Å². The Labute approximate surface area is 273 Å². The van der Waals surface area contributed by atoms with Crippen LogP contribution >= 0.6 is 11.3 Å². The molecule has 3 aliphatic carbocycles. The van der Waals surface area contributed by atoms with Crippen LogP contribution in [0, 0.1) is 11.8 Å². The summed E-state index contributed by atoms with van der Waals surface area (Å²) in [5, 5.41) is 8.69. The number of alkyl halides is 3. The molecule has 2 unspecified atom stereocenters. The molecule has 13 heteroatoms. The van der Waals surface area contributed by atoms with E-state index >= 15 is 0 Å². The fourth-order valence-corrected chi connectivity index (χ4v) is 8.01. The lowest BCUT2D eigenvalue weighted by Gasteiger charge is -2.35. The van der Waals surface area contributed by atoms with Gasteiger partial charge in [0, 0.05) is 23.1 Å². The Balaban J connectivity index is 1.06. The normalized spacial score (nSPS) is 22.5. The number of hydrogen-bond donors (Lipinski definition) is 1. The van der Waals surface area contributed by atoms with Gasteiger partial charge in [-0.2, -0.15) is 0 Å². The molecule has 2 aromatic carbocycles. The van der Waals surface area contributed by atoms with Gasteiger partial charge < -0.3 is 28.8 Å². The Morgan fingerprint density at radius 1 is 1.09 bits per heavy atom. The first kappa shape index (κ1) is 31.7. The number of halogens is 3. The number of anilines is 1. The van der Waals surface area contributed by atoms with Gasteiger partial charge in [-0.05, 0) is 88.5 Å². The van der Waals surface area contributed by atoms with E-state index in [0.717, 1.165) is 48.4 Å². The second-order valence-corrected chi connectivity index (χ2v) is 13.9. The Morgan fingerprint density at radius 2 is 1.83 bits per heavy atom. The molecular weight excluding hydrogens is 635 g/mol. The van der Waals surface area contributed by atoms with Crippen LogP contribution in [0.1, 0.15) is 80.0 Å². The summed E-state index contributed by atoms with van der Waals surface area (Å²) in [5.74, 6) is 1.43. The summed E-state index contributed by atoms with van der Waals surface area (Å²) < 4.78 is 67.8. The van der Waals surface area contributed by atoms with Gasteiger partial charge in [-0.25, -0.2) is 9.78 Å². The number of benzene rings is 2. The monoisotopic (exact) mass is 671 g/mol. The van der Waals surface area contributed by atoms with Gasteiger partial charge in [0.1, 0.15) is 28.5 Å². The van der Waals surface area contributed by atoms with Gasteiger partial charge in [0.05, 0.1) is 36.2 Å².